The Morgan fingerprint density at radius 1 is 1.24 bits per heavy atom. The highest BCUT2D eigenvalue weighted by atomic mass is 16.3. The first-order valence-corrected chi connectivity index (χ1v) is 5.46. The SMILES string of the molecule is Cc1ccc(Nc2nccc(CO)n2)c(C)c1. The van der Waals surface area contributed by atoms with Crippen molar-refractivity contribution in [1.82, 2.24) is 9.97 Å². The van der Waals surface area contributed by atoms with Gasteiger partial charge in [-0.3, -0.25) is 0 Å². The van der Waals surface area contributed by atoms with Crippen LogP contribution in [0, 0.1) is 13.8 Å². The Morgan fingerprint density at radius 3 is 2.76 bits per heavy atom. The molecule has 2 N–H and O–H groups in total. The molecule has 0 spiro atoms. The van der Waals surface area contributed by atoms with Gasteiger partial charge in [0.05, 0.1) is 12.3 Å². The molecule has 2 rings (SSSR count). The first-order chi connectivity index (χ1) is 8.19. The summed E-state index contributed by atoms with van der Waals surface area (Å²) in [6.45, 7) is 4.01. The van der Waals surface area contributed by atoms with Crippen molar-refractivity contribution >= 4 is 11.6 Å². The number of aliphatic hydroxyl groups excluding tert-OH is 1. The molecule has 0 saturated heterocycles. The maximum absolute atomic E-state index is 9.00. The van der Waals surface area contributed by atoms with Gasteiger partial charge in [0.15, 0.2) is 0 Å². The number of hydrogen-bond donors (Lipinski definition) is 2. The van der Waals surface area contributed by atoms with E-state index in [4.69, 9.17) is 5.11 Å². The summed E-state index contributed by atoms with van der Waals surface area (Å²) in [5, 5.41) is 12.1. The van der Waals surface area contributed by atoms with Gasteiger partial charge in [-0.05, 0) is 31.5 Å². The van der Waals surface area contributed by atoms with Crippen LogP contribution in [-0.4, -0.2) is 15.1 Å². The third kappa shape index (κ3) is 2.79. The molecule has 1 aromatic carbocycles. The zero-order valence-corrected chi connectivity index (χ0v) is 9.94. The summed E-state index contributed by atoms with van der Waals surface area (Å²) in [7, 11) is 0. The highest BCUT2D eigenvalue weighted by molar-refractivity contribution is 5.58. The minimum Gasteiger partial charge on any atom is -0.390 e. The van der Waals surface area contributed by atoms with E-state index in [1.54, 1.807) is 12.3 Å². The number of rotatable bonds is 3. The van der Waals surface area contributed by atoms with Gasteiger partial charge in [0.2, 0.25) is 5.95 Å². The molecule has 4 nitrogen and oxygen atoms in total. The summed E-state index contributed by atoms with van der Waals surface area (Å²) in [6.07, 6.45) is 1.63. The largest absolute Gasteiger partial charge is 0.390 e. The number of nitrogens with one attached hydrogen (secondary N) is 1. The topological polar surface area (TPSA) is 58.0 Å². The first-order valence-electron chi connectivity index (χ1n) is 5.46. The van der Waals surface area contributed by atoms with Crippen LogP contribution in [0.1, 0.15) is 16.8 Å². The number of nitrogens with zero attached hydrogens (tertiary/aromatic N) is 2. The lowest BCUT2D eigenvalue weighted by Crippen LogP contribution is -2.01. The van der Waals surface area contributed by atoms with Crippen LogP contribution >= 0.6 is 0 Å². The fraction of sp³-hybridized carbons (Fsp3) is 0.231. The van der Waals surface area contributed by atoms with E-state index in [2.05, 4.69) is 28.3 Å². The van der Waals surface area contributed by atoms with E-state index in [-0.39, 0.29) is 6.61 Å². The molecule has 88 valence electrons. The van der Waals surface area contributed by atoms with Crippen LogP contribution in [0.4, 0.5) is 11.6 Å². The van der Waals surface area contributed by atoms with Crippen LogP contribution in [0.25, 0.3) is 0 Å². The summed E-state index contributed by atoms with van der Waals surface area (Å²) in [5.41, 5.74) is 3.94. The van der Waals surface area contributed by atoms with E-state index >= 15 is 0 Å². The molecule has 0 saturated carbocycles. The Bertz CT molecular complexity index is 526. The van der Waals surface area contributed by atoms with Crippen molar-refractivity contribution in [3.63, 3.8) is 0 Å². The van der Waals surface area contributed by atoms with E-state index in [0.29, 0.717) is 11.6 Å². The lowest BCUT2D eigenvalue weighted by Gasteiger charge is -2.09. The Hall–Kier alpha value is -1.94. The predicted molar refractivity (Wildman–Crippen MR) is 67.2 cm³/mol. The zero-order valence-electron chi connectivity index (χ0n) is 9.94. The highest BCUT2D eigenvalue weighted by Crippen LogP contribution is 2.19. The average molecular weight is 229 g/mol. The Balaban J connectivity index is 2.25. The molecule has 0 unspecified atom stereocenters. The minimum atomic E-state index is -0.0793. The van der Waals surface area contributed by atoms with E-state index < -0.39 is 0 Å². The van der Waals surface area contributed by atoms with E-state index in [1.807, 2.05) is 19.1 Å². The van der Waals surface area contributed by atoms with Crippen molar-refractivity contribution in [2.24, 2.45) is 0 Å². The molecule has 1 heterocycles. The van der Waals surface area contributed by atoms with Crippen molar-refractivity contribution in [3.8, 4) is 0 Å². The maximum Gasteiger partial charge on any atom is 0.227 e. The second-order valence-corrected chi connectivity index (χ2v) is 3.97. The summed E-state index contributed by atoms with van der Waals surface area (Å²) in [4.78, 5) is 8.29. The quantitative estimate of drug-likeness (QED) is 0.848. The van der Waals surface area contributed by atoms with Gasteiger partial charge in [0.25, 0.3) is 0 Å². The number of hydrogen-bond acceptors (Lipinski definition) is 4. The molecule has 0 bridgehead atoms. The van der Waals surface area contributed by atoms with Crippen molar-refractivity contribution in [3.05, 3.63) is 47.3 Å². The fourth-order valence-corrected chi connectivity index (χ4v) is 1.62. The highest BCUT2D eigenvalue weighted by Gasteiger charge is 2.02. The molecular formula is C13H15N3O. The van der Waals surface area contributed by atoms with Crippen molar-refractivity contribution in [2.75, 3.05) is 5.32 Å². The number of aliphatic hydroxyl groups is 1. The molecule has 0 aliphatic heterocycles. The minimum absolute atomic E-state index is 0.0793. The number of aryl methyl sites for hydroxylation is 2. The smallest absolute Gasteiger partial charge is 0.227 e. The van der Waals surface area contributed by atoms with Crippen molar-refractivity contribution < 1.29 is 5.11 Å². The standard InChI is InChI=1S/C13H15N3O/c1-9-3-4-12(10(2)7-9)16-13-14-6-5-11(8-17)15-13/h3-7,17H,8H2,1-2H3,(H,14,15,16). The Labute approximate surface area is 100 Å². The molecule has 0 aliphatic rings. The number of benzene rings is 1. The van der Waals surface area contributed by atoms with Gasteiger partial charge in [-0.25, -0.2) is 9.97 Å². The predicted octanol–water partition coefficient (Wildman–Crippen LogP) is 2.33. The van der Waals surface area contributed by atoms with E-state index in [1.165, 1.54) is 5.56 Å². The Kier molecular flexibility index (Phi) is 3.35. The van der Waals surface area contributed by atoms with Gasteiger partial charge in [0, 0.05) is 11.9 Å². The monoisotopic (exact) mass is 229 g/mol. The molecule has 17 heavy (non-hydrogen) atoms. The maximum atomic E-state index is 9.00. The molecule has 0 atom stereocenters. The molecule has 1 aromatic heterocycles. The van der Waals surface area contributed by atoms with Gasteiger partial charge in [-0.2, -0.15) is 0 Å². The molecule has 0 fully saturated rings. The second kappa shape index (κ2) is 4.93. The van der Waals surface area contributed by atoms with E-state index in [0.717, 1.165) is 11.3 Å². The third-order valence-corrected chi connectivity index (χ3v) is 2.50. The van der Waals surface area contributed by atoms with Gasteiger partial charge >= 0.3 is 0 Å². The molecule has 2 aromatic rings. The summed E-state index contributed by atoms with van der Waals surface area (Å²) in [6, 6.07) is 7.82. The van der Waals surface area contributed by atoms with Crippen LogP contribution in [0.3, 0.4) is 0 Å². The van der Waals surface area contributed by atoms with E-state index in [9.17, 15) is 0 Å². The number of aromatic nitrogens is 2. The summed E-state index contributed by atoms with van der Waals surface area (Å²) in [5.74, 6) is 0.503. The van der Waals surface area contributed by atoms with Gasteiger partial charge < -0.3 is 10.4 Å². The molecular weight excluding hydrogens is 214 g/mol. The van der Waals surface area contributed by atoms with Gasteiger partial charge in [-0.1, -0.05) is 17.7 Å². The van der Waals surface area contributed by atoms with Crippen LogP contribution < -0.4 is 5.32 Å². The normalized spacial score (nSPS) is 10.3. The molecule has 4 heteroatoms. The number of anilines is 2. The van der Waals surface area contributed by atoms with Gasteiger partial charge in [0.1, 0.15) is 0 Å². The lowest BCUT2D eigenvalue weighted by atomic mass is 10.1. The summed E-state index contributed by atoms with van der Waals surface area (Å²) < 4.78 is 0. The van der Waals surface area contributed by atoms with Crippen LogP contribution in [-0.2, 0) is 6.61 Å². The molecule has 0 amide bonds. The van der Waals surface area contributed by atoms with Crippen molar-refractivity contribution in [2.45, 2.75) is 20.5 Å². The fourth-order valence-electron chi connectivity index (χ4n) is 1.62. The molecule has 0 aliphatic carbocycles. The lowest BCUT2D eigenvalue weighted by molar-refractivity contribution is 0.277. The Morgan fingerprint density at radius 2 is 2.06 bits per heavy atom. The van der Waals surface area contributed by atoms with Crippen LogP contribution in [0.5, 0.6) is 0 Å². The zero-order chi connectivity index (χ0) is 12.3. The molecule has 0 radical (unpaired) electrons. The first kappa shape index (κ1) is 11.5. The second-order valence-electron chi connectivity index (χ2n) is 3.97. The average Bonchev–Trinajstić information content (AvgIpc) is 2.33. The van der Waals surface area contributed by atoms with Crippen molar-refractivity contribution in [1.29, 1.82) is 0 Å². The van der Waals surface area contributed by atoms with Gasteiger partial charge in [-0.15, -0.1) is 0 Å². The summed E-state index contributed by atoms with van der Waals surface area (Å²) >= 11 is 0. The van der Waals surface area contributed by atoms with Crippen LogP contribution in [0.2, 0.25) is 0 Å². The van der Waals surface area contributed by atoms with Crippen LogP contribution in [0.15, 0.2) is 30.5 Å². The third-order valence-electron chi connectivity index (χ3n) is 2.50.